The summed E-state index contributed by atoms with van der Waals surface area (Å²) in [7, 11) is -1.96. The van der Waals surface area contributed by atoms with E-state index in [-0.39, 0.29) is 29.4 Å². The third kappa shape index (κ3) is 5.41. The van der Waals surface area contributed by atoms with Crippen LogP contribution in [0.4, 0.5) is 4.39 Å². The lowest BCUT2D eigenvalue weighted by Crippen LogP contribution is -2.19. The van der Waals surface area contributed by atoms with Gasteiger partial charge in [0.25, 0.3) is 0 Å². The molecule has 0 bridgehead atoms. The van der Waals surface area contributed by atoms with Crippen LogP contribution in [0, 0.1) is 12.7 Å². The molecule has 9 heteroatoms. The Morgan fingerprint density at radius 2 is 1.93 bits per heavy atom. The number of ether oxygens (including phenoxy) is 1. The van der Waals surface area contributed by atoms with Crippen LogP contribution in [-0.2, 0) is 25.9 Å². The Labute approximate surface area is 178 Å². The Morgan fingerprint density at radius 3 is 2.63 bits per heavy atom. The van der Waals surface area contributed by atoms with Gasteiger partial charge in [-0.2, -0.15) is 4.99 Å². The summed E-state index contributed by atoms with van der Waals surface area (Å²) in [5.74, 6) is -1.07. The Hall–Kier alpha value is -2.36. The van der Waals surface area contributed by atoms with Crippen molar-refractivity contribution in [2.24, 2.45) is 4.99 Å². The van der Waals surface area contributed by atoms with E-state index in [9.17, 15) is 17.6 Å². The van der Waals surface area contributed by atoms with E-state index in [1.807, 2.05) is 29.7 Å². The zero-order valence-electron chi connectivity index (χ0n) is 16.8. The van der Waals surface area contributed by atoms with Gasteiger partial charge in [-0.25, -0.2) is 12.8 Å². The fourth-order valence-electron chi connectivity index (χ4n) is 3.00. The number of rotatable bonds is 8. The molecule has 1 heterocycles. The number of nitrogens with zero attached hydrogens (tertiary/aromatic N) is 2. The van der Waals surface area contributed by atoms with Gasteiger partial charge in [0.1, 0.15) is 5.82 Å². The first-order chi connectivity index (χ1) is 14.3. The molecule has 0 unspecified atom stereocenters. The van der Waals surface area contributed by atoms with Crippen molar-refractivity contribution < 1.29 is 22.3 Å². The van der Waals surface area contributed by atoms with Crippen molar-refractivity contribution in [2.45, 2.75) is 31.2 Å². The van der Waals surface area contributed by atoms with E-state index in [1.165, 1.54) is 23.5 Å². The predicted molar refractivity (Wildman–Crippen MR) is 115 cm³/mol. The molecule has 1 amide bonds. The highest BCUT2D eigenvalue weighted by Gasteiger charge is 2.15. The number of sulfone groups is 1. The van der Waals surface area contributed by atoms with Gasteiger partial charge >= 0.3 is 0 Å². The summed E-state index contributed by atoms with van der Waals surface area (Å²) in [5.41, 5.74) is 2.10. The number of hydrogen-bond donors (Lipinski definition) is 0. The number of aryl methyl sites for hydroxylation is 1. The summed E-state index contributed by atoms with van der Waals surface area (Å²) in [6, 6.07) is 10.7. The van der Waals surface area contributed by atoms with Gasteiger partial charge < -0.3 is 9.30 Å². The fourth-order valence-corrected chi connectivity index (χ4v) is 5.48. The number of thiazole rings is 1. The summed E-state index contributed by atoms with van der Waals surface area (Å²) in [6.45, 7) is 3.05. The maximum absolute atomic E-state index is 13.0. The molecule has 30 heavy (non-hydrogen) atoms. The number of carbonyl (C=O) groups excluding carboxylic acids is 1. The number of amides is 1. The molecule has 0 saturated heterocycles. The lowest BCUT2D eigenvalue weighted by Gasteiger charge is -2.05. The van der Waals surface area contributed by atoms with Crippen molar-refractivity contribution in [3.8, 4) is 0 Å². The molecule has 1 aromatic heterocycles. The third-order valence-electron chi connectivity index (χ3n) is 4.55. The molecule has 160 valence electrons. The van der Waals surface area contributed by atoms with Gasteiger partial charge in [-0.1, -0.05) is 17.4 Å². The molecule has 0 fully saturated rings. The van der Waals surface area contributed by atoms with E-state index in [0.717, 1.165) is 27.9 Å². The quantitative estimate of drug-likeness (QED) is 0.492. The normalized spacial score (nSPS) is 12.6. The minimum Gasteiger partial charge on any atom is -0.383 e. The van der Waals surface area contributed by atoms with Crippen LogP contribution in [0.1, 0.15) is 18.4 Å². The molecule has 0 atom stereocenters. The molecule has 0 N–H and O–H groups in total. The largest absolute Gasteiger partial charge is 0.383 e. The Kier molecular flexibility index (Phi) is 7.17. The van der Waals surface area contributed by atoms with Crippen LogP contribution in [0.5, 0.6) is 0 Å². The molecule has 0 spiro atoms. The minimum absolute atomic E-state index is 0.0119. The highest BCUT2D eigenvalue weighted by atomic mass is 32.2. The maximum Gasteiger partial charge on any atom is 0.248 e. The molecule has 0 saturated carbocycles. The monoisotopic (exact) mass is 450 g/mol. The summed E-state index contributed by atoms with van der Waals surface area (Å²) in [5, 5.41) is 0. The lowest BCUT2D eigenvalue weighted by molar-refractivity contribution is -0.118. The number of benzene rings is 2. The lowest BCUT2D eigenvalue weighted by atomic mass is 10.2. The van der Waals surface area contributed by atoms with E-state index < -0.39 is 15.7 Å². The van der Waals surface area contributed by atoms with E-state index in [2.05, 4.69) is 4.99 Å². The predicted octanol–water partition coefficient (Wildman–Crippen LogP) is 3.48. The molecular weight excluding hydrogens is 427 g/mol. The van der Waals surface area contributed by atoms with Gasteiger partial charge in [0.15, 0.2) is 14.6 Å². The van der Waals surface area contributed by atoms with Gasteiger partial charge in [-0.3, -0.25) is 4.79 Å². The second kappa shape index (κ2) is 9.63. The fraction of sp³-hybridized carbons (Fsp3) is 0.333. The average Bonchev–Trinajstić information content (AvgIpc) is 3.02. The van der Waals surface area contributed by atoms with Crippen LogP contribution in [0.15, 0.2) is 52.4 Å². The molecule has 0 radical (unpaired) electrons. The van der Waals surface area contributed by atoms with E-state index >= 15 is 0 Å². The van der Waals surface area contributed by atoms with Gasteiger partial charge in [0.05, 0.1) is 27.5 Å². The molecule has 3 aromatic rings. The number of aromatic nitrogens is 1. The second-order valence-electron chi connectivity index (χ2n) is 6.88. The van der Waals surface area contributed by atoms with Crippen LogP contribution in [0.3, 0.4) is 0 Å². The summed E-state index contributed by atoms with van der Waals surface area (Å²) in [4.78, 5) is 17.2. The summed E-state index contributed by atoms with van der Waals surface area (Å²) >= 11 is 1.42. The Balaban J connectivity index is 1.74. The van der Waals surface area contributed by atoms with Gasteiger partial charge in [0, 0.05) is 20.1 Å². The molecule has 0 aliphatic heterocycles. The molecular formula is C21H23FN2O4S2. The molecule has 2 aromatic carbocycles. The number of hydrogen-bond acceptors (Lipinski definition) is 5. The first-order valence-corrected chi connectivity index (χ1v) is 11.9. The SMILES string of the molecule is COCCn1c(=NC(=O)CCCS(=O)(=O)c2ccc(F)cc2)sc2cc(C)ccc21. The molecule has 6 nitrogen and oxygen atoms in total. The van der Waals surface area contributed by atoms with Crippen LogP contribution in [0.25, 0.3) is 10.2 Å². The minimum atomic E-state index is -3.57. The Bertz CT molecular complexity index is 1210. The Morgan fingerprint density at radius 1 is 1.20 bits per heavy atom. The summed E-state index contributed by atoms with van der Waals surface area (Å²) in [6.07, 6.45) is 0.155. The number of fused-ring (bicyclic) bond motifs is 1. The van der Waals surface area contributed by atoms with Gasteiger partial charge in [-0.15, -0.1) is 0 Å². The first-order valence-electron chi connectivity index (χ1n) is 9.45. The highest BCUT2D eigenvalue weighted by molar-refractivity contribution is 7.91. The third-order valence-corrected chi connectivity index (χ3v) is 7.41. The van der Waals surface area contributed by atoms with Gasteiger partial charge in [-0.05, 0) is 55.3 Å². The van der Waals surface area contributed by atoms with Crippen molar-refractivity contribution in [3.05, 3.63) is 58.6 Å². The second-order valence-corrected chi connectivity index (χ2v) is 10.0. The zero-order chi connectivity index (χ0) is 21.7. The van der Waals surface area contributed by atoms with Crippen LogP contribution in [-0.4, -0.2) is 38.4 Å². The van der Waals surface area contributed by atoms with E-state index in [4.69, 9.17) is 4.74 Å². The zero-order valence-corrected chi connectivity index (χ0v) is 18.4. The van der Waals surface area contributed by atoms with Crippen molar-refractivity contribution in [2.75, 3.05) is 19.5 Å². The topological polar surface area (TPSA) is 77.7 Å². The smallest absolute Gasteiger partial charge is 0.248 e. The van der Waals surface area contributed by atoms with E-state index in [0.29, 0.717) is 18.0 Å². The molecule has 0 aliphatic carbocycles. The van der Waals surface area contributed by atoms with Crippen molar-refractivity contribution in [1.29, 1.82) is 0 Å². The average molecular weight is 451 g/mol. The van der Waals surface area contributed by atoms with Crippen LogP contribution < -0.4 is 4.80 Å². The maximum atomic E-state index is 13.0. The van der Waals surface area contributed by atoms with Crippen molar-refractivity contribution in [1.82, 2.24) is 4.57 Å². The van der Waals surface area contributed by atoms with Crippen molar-refractivity contribution >= 4 is 37.3 Å². The number of halogens is 1. The highest BCUT2D eigenvalue weighted by Crippen LogP contribution is 2.19. The standard InChI is InChI=1S/C21H23FN2O4S2/c1-15-5-10-18-19(14-15)29-21(24(18)11-12-28-2)23-20(25)4-3-13-30(26,27)17-8-6-16(22)7-9-17/h5-10,14H,3-4,11-13H2,1-2H3. The molecule has 3 rings (SSSR count). The molecule has 0 aliphatic rings. The first kappa shape index (κ1) is 22.3. The number of carbonyl (C=O) groups is 1. The van der Waals surface area contributed by atoms with Crippen LogP contribution >= 0.6 is 11.3 Å². The van der Waals surface area contributed by atoms with Crippen LogP contribution in [0.2, 0.25) is 0 Å². The van der Waals surface area contributed by atoms with E-state index in [1.54, 1.807) is 7.11 Å². The van der Waals surface area contributed by atoms with Crippen molar-refractivity contribution in [3.63, 3.8) is 0 Å². The van der Waals surface area contributed by atoms with Gasteiger partial charge in [0.2, 0.25) is 5.91 Å². The summed E-state index contributed by atoms with van der Waals surface area (Å²) < 4.78 is 45.8. The number of methoxy groups -OCH3 is 1.